The van der Waals surface area contributed by atoms with E-state index < -0.39 is 17.8 Å². The van der Waals surface area contributed by atoms with E-state index in [-0.39, 0.29) is 6.54 Å². The first-order valence-electron chi connectivity index (χ1n) is 6.09. The maximum atomic E-state index is 12.4. The number of methoxy groups -OCH3 is 1. The van der Waals surface area contributed by atoms with Crippen molar-refractivity contribution in [2.24, 2.45) is 0 Å². The molecule has 0 aliphatic rings. The van der Waals surface area contributed by atoms with Crippen molar-refractivity contribution in [1.82, 2.24) is 10.3 Å². The fourth-order valence-corrected chi connectivity index (χ4v) is 2.18. The van der Waals surface area contributed by atoms with E-state index in [1.54, 1.807) is 0 Å². The van der Waals surface area contributed by atoms with Crippen LogP contribution in [0.1, 0.15) is 11.1 Å². The summed E-state index contributed by atoms with van der Waals surface area (Å²) in [6.07, 6.45) is -2.90. The molecule has 2 amide bonds. The average molecular weight is 331 g/mol. The van der Waals surface area contributed by atoms with Gasteiger partial charge in [0.2, 0.25) is 0 Å². The lowest BCUT2D eigenvalue weighted by atomic mass is 10.1. The third kappa shape index (κ3) is 4.35. The Kier molecular flexibility index (Phi) is 4.86. The third-order valence-electron chi connectivity index (χ3n) is 2.64. The fourth-order valence-electron chi connectivity index (χ4n) is 1.55. The maximum absolute atomic E-state index is 12.4. The van der Waals surface area contributed by atoms with Gasteiger partial charge in [-0.15, -0.1) is 0 Å². The SMILES string of the molecule is COc1cnc(NC(=O)NCc2ccc(C(F)(F)F)cc2)s1. The number of carbonyl (C=O) groups is 1. The van der Waals surface area contributed by atoms with E-state index >= 15 is 0 Å². The Balaban J connectivity index is 1.85. The zero-order valence-electron chi connectivity index (χ0n) is 11.4. The summed E-state index contributed by atoms with van der Waals surface area (Å²) in [5.41, 5.74) is -0.171. The number of nitrogens with one attached hydrogen (secondary N) is 2. The molecule has 1 aromatic carbocycles. The van der Waals surface area contributed by atoms with E-state index in [0.29, 0.717) is 15.8 Å². The number of halogens is 3. The summed E-state index contributed by atoms with van der Waals surface area (Å²) in [5.74, 6) is 0. The number of amides is 2. The molecule has 0 atom stereocenters. The Morgan fingerprint density at radius 3 is 2.55 bits per heavy atom. The monoisotopic (exact) mass is 331 g/mol. The maximum Gasteiger partial charge on any atom is 0.416 e. The molecule has 2 aromatic rings. The average Bonchev–Trinajstić information content (AvgIpc) is 2.92. The molecule has 0 aliphatic carbocycles. The van der Waals surface area contributed by atoms with Gasteiger partial charge in [-0.1, -0.05) is 23.5 Å². The lowest BCUT2D eigenvalue weighted by Gasteiger charge is -2.08. The van der Waals surface area contributed by atoms with Crippen molar-refractivity contribution in [2.45, 2.75) is 12.7 Å². The molecule has 0 saturated carbocycles. The fraction of sp³-hybridized carbons (Fsp3) is 0.231. The number of benzene rings is 1. The number of thiazole rings is 1. The molecule has 0 fully saturated rings. The second-order valence-corrected chi connectivity index (χ2v) is 5.18. The highest BCUT2D eigenvalue weighted by Gasteiger charge is 2.29. The molecule has 2 rings (SSSR count). The van der Waals surface area contributed by atoms with Crippen LogP contribution >= 0.6 is 11.3 Å². The predicted molar refractivity (Wildman–Crippen MR) is 76.0 cm³/mol. The van der Waals surface area contributed by atoms with Crippen LogP contribution in [0.3, 0.4) is 0 Å². The van der Waals surface area contributed by atoms with Crippen molar-refractivity contribution < 1.29 is 22.7 Å². The van der Waals surface area contributed by atoms with Gasteiger partial charge in [-0.2, -0.15) is 13.2 Å². The van der Waals surface area contributed by atoms with Crippen LogP contribution in [0.5, 0.6) is 5.06 Å². The molecule has 5 nitrogen and oxygen atoms in total. The molecule has 0 aliphatic heterocycles. The number of rotatable bonds is 4. The number of ether oxygens (including phenoxy) is 1. The van der Waals surface area contributed by atoms with E-state index in [0.717, 1.165) is 23.5 Å². The van der Waals surface area contributed by atoms with Gasteiger partial charge < -0.3 is 10.1 Å². The minimum absolute atomic E-state index is 0.104. The molecule has 0 unspecified atom stereocenters. The lowest BCUT2D eigenvalue weighted by molar-refractivity contribution is -0.137. The van der Waals surface area contributed by atoms with Gasteiger partial charge in [0, 0.05) is 6.54 Å². The van der Waals surface area contributed by atoms with E-state index in [1.807, 2.05) is 0 Å². The Morgan fingerprint density at radius 2 is 2.00 bits per heavy atom. The highest BCUT2D eigenvalue weighted by molar-refractivity contribution is 7.17. The van der Waals surface area contributed by atoms with Gasteiger partial charge in [0.25, 0.3) is 0 Å². The second-order valence-electron chi connectivity index (χ2n) is 4.19. The van der Waals surface area contributed by atoms with Crippen molar-refractivity contribution in [1.29, 1.82) is 0 Å². The summed E-state index contributed by atoms with van der Waals surface area (Å²) in [4.78, 5) is 15.6. The lowest BCUT2D eigenvalue weighted by Crippen LogP contribution is -2.28. The van der Waals surface area contributed by atoms with Gasteiger partial charge in [-0.25, -0.2) is 9.78 Å². The Hall–Kier alpha value is -2.29. The number of carbonyl (C=O) groups excluding carboxylic acids is 1. The van der Waals surface area contributed by atoms with Gasteiger partial charge in [0.15, 0.2) is 10.2 Å². The number of hydrogen-bond donors (Lipinski definition) is 2. The molecule has 9 heteroatoms. The van der Waals surface area contributed by atoms with E-state index in [1.165, 1.54) is 25.4 Å². The number of anilines is 1. The molecule has 118 valence electrons. The van der Waals surface area contributed by atoms with Crippen LogP contribution in [-0.2, 0) is 12.7 Å². The molecule has 1 aromatic heterocycles. The Morgan fingerprint density at radius 1 is 1.32 bits per heavy atom. The molecule has 0 bridgehead atoms. The zero-order valence-corrected chi connectivity index (χ0v) is 12.2. The minimum atomic E-state index is -4.37. The van der Waals surface area contributed by atoms with Crippen molar-refractivity contribution in [3.05, 3.63) is 41.6 Å². The molecule has 0 spiro atoms. The molecule has 22 heavy (non-hydrogen) atoms. The second kappa shape index (κ2) is 6.65. The number of hydrogen-bond acceptors (Lipinski definition) is 4. The van der Waals surface area contributed by atoms with Crippen molar-refractivity contribution in [3.8, 4) is 5.06 Å². The van der Waals surface area contributed by atoms with E-state index in [2.05, 4.69) is 15.6 Å². The van der Waals surface area contributed by atoms with Crippen LogP contribution in [0.2, 0.25) is 0 Å². The summed E-state index contributed by atoms with van der Waals surface area (Å²) in [5, 5.41) is 5.94. The van der Waals surface area contributed by atoms with Crippen LogP contribution in [0, 0.1) is 0 Å². The van der Waals surface area contributed by atoms with E-state index in [4.69, 9.17) is 4.74 Å². The molecular weight excluding hydrogens is 319 g/mol. The van der Waals surface area contributed by atoms with Crippen molar-refractivity contribution in [2.75, 3.05) is 12.4 Å². The molecule has 0 radical (unpaired) electrons. The van der Waals surface area contributed by atoms with Gasteiger partial charge >= 0.3 is 12.2 Å². The first kappa shape index (κ1) is 16.1. The van der Waals surface area contributed by atoms with Crippen molar-refractivity contribution >= 4 is 22.5 Å². The number of nitrogens with zero attached hydrogens (tertiary/aromatic N) is 1. The topological polar surface area (TPSA) is 63.2 Å². The van der Waals surface area contributed by atoms with E-state index in [9.17, 15) is 18.0 Å². The van der Waals surface area contributed by atoms with Crippen molar-refractivity contribution in [3.63, 3.8) is 0 Å². The molecule has 0 saturated heterocycles. The highest BCUT2D eigenvalue weighted by Crippen LogP contribution is 2.29. The van der Waals surface area contributed by atoms with Crippen LogP contribution < -0.4 is 15.4 Å². The smallest absolute Gasteiger partial charge is 0.416 e. The van der Waals surface area contributed by atoms with Gasteiger partial charge in [-0.05, 0) is 17.7 Å². The molecular formula is C13H12F3N3O2S. The van der Waals surface area contributed by atoms with Crippen LogP contribution in [-0.4, -0.2) is 18.1 Å². The Bertz CT molecular complexity index is 641. The highest BCUT2D eigenvalue weighted by atomic mass is 32.1. The summed E-state index contributed by atoms with van der Waals surface area (Å²) in [6.45, 7) is 0.104. The van der Waals surface area contributed by atoms with Gasteiger partial charge in [-0.3, -0.25) is 5.32 Å². The van der Waals surface area contributed by atoms with Crippen LogP contribution in [0.15, 0.2) is 30.5 Å². The minimum Gasteiger partial charge on any atom is -0.486 e. The quantitative estimate of drug-likeness (QED) is 0.901. The number of alkyl halides is 3. The normalized spacial score (nSPS) is 11.1. The van der Waals surface area contributed by atoms with Gasteiger partial charge in [0.05, 0.1) is 18.9 Å². The van der Waals surface area contributed by atoms with Gasteiger partial charge in [0.1, 0.15) is 0 Å². The standard InChI is InChI=1S/C13H12F3N3O2S/c1-21-10-7-18-12(22-10)19-11(20)17-6-8-2-4-9(5-3-8)13(14,15)16/h2-5,7H,6H2,1H3,(H2,17,18,19,20). The summed E-state index contributed by atoms with van der Waals surface area (Å²) < 4.78 is 42.2. The van der Waals surface area contributed by atoms with Crippen LogP contribution in [0.25, 0.3) is 0 Å². The third-order valence-corrected chi connectivity index (χ3v) is 3.51. The first-order valence-corrected chi connectivity index (χ1v) is 6.91. The summed E-state index contributed by atoms with van der Waals surface area (Å²) in [7, 11) is 1.49. The predicted octanol–water partition coefficient (Wildman–Crippen LogP) is 3.49. The molecule has 2 N–H and O–H groups in total. The van der Waals surface area contributed by atoms with Crippen LogP contribution in [0.4, 0.5) is 23.1 Å². The zero-order chi connectivity index (χ0) is 16.2. The Labute approximate surface area is 128 Å². The largest absolute Gasteiger partial charge is 0.486 e. The summed E-state index contributed by atoms with van der Waals surface area (Å²) >= 11 is 1.16. The number of aromatic nitrogens is 1. The number of urea groups is 1. The molecule has 1 heterocycles. The first-order chi connectivity index (χ1) is 10.4. The summed E-state index contributed by atoms with van der Waals surface area (Å²) in [6, 6.07) is 4.07.